The molecule has 0 aliphatic heterocycles. The van der Waals surface area contributed by atoms with Crippen molar-refractivity contribution in [3.8, 4) is 0 Å². The minimum absolute atomic E-state index is 0.0902. The summed E-state index contributed by atoms with van der Waals surface area (Å²) in [6.45, 7) is 4.78. The summed E-state index contributed by atoms with van der Waals surface area (Å²) in [5, 5.41) is 21.0. The number of hydrogen-bond donors (Lipinski definition) is 3. The van der Waals surface area contributed by atoms with E-state index in [4.69, 9.17) is 10.2 Å². The molecular formula is C12H21N3O2. The first kappa shape index (κ1) is 13.9. The second-order valence-electron chi connectivity index (χ2n) is 3.77. The number of aromatic nitrogens is 1. The number of pyridine rings is 1. The molecule has 0 unspecified atom stereocenters. The summed E-state index contributed by atoms with van der Waals surface area (Å²) < 4.78 is 0. The molecule has 1 aromatic heterocycles. The minimum atomic E-state index is 0.0902. The molecule has 0 atom stereocenters. The van der Waals surface area contributed by atoms with E-state index < -0.39 is 0 Å². The Morgan fingerprint density at radius 3 is 2.53 bits per heavy atom. The molecule has 5 nitrogen and oxygen atoms in total. The first-order valence-corrected chi connectivity index (χ1v) is 5.94. The van der Waals surface area contributed by atoms with Crippen LogP contribution in [0.25, 0.3) is 0 Å². The smallest absolute Gasteiger partial charge is 0.126 e. The fraction of sp³-hybridized carbons (Fsp3) is 0.583. The van der Waals surface area contributed by atoms with Gasteiger partial charge in [0, 0.05) is 26.2 Å². The first-order chi connectivity index (χ1) is 8.30. The molecule has 0 bridgehead atoms. The molecule has 0 fully saturated rings. The molecule has 0 amide bonds. The van der Waals surface area contributed by atoms with E-state index >= 15 is 0 Å². The fourth-order valence-electron chi connectivity index (χ4n) is 1.63. The van der Waals surface area contributed by atoms with Crippen molar-refractivity contribution >= 4 is 5.82 Å². The van der Waals surface area contributed by atoms with Crippen molar-refractivity contribution in [3.63, 3.8) is 0 Å². The van der Waals surface area contributed by atoms with Gasteiger partial charge in [0.2, 0.25) is 0 Å². The van der Waals surface area contributed by atoms with E-state index in [1.807, 2.05) is 30.0 Å². The summed E-state index contributed by atoms with van der Waals surface area (Å²) in [5.41, 5.74) is 0.936. The molecule has 0 radical (unpaired) electrons. The normalized spacial score (nSPS) is 10.8. The van der Waals surface area contributed by atoms with E-state index in [1.54, 1.807) is 0 Å². The average molecular weight is 239 g/mol. The van der Waals surface area contributed by atoms with Crippen LogP contribution >= 0.6 is 0 Å². The number of aliphatic hydroxyl groups excluding tert-OH is 2. The summed E-state index contributed by atoms with van der Waals surface area (Å²) in [7, 11) is 0. The maximum absolute atomic E-state index is 8.92. The van der Waals surface area contributed by atoms with Crippen LogP contribution in [-0.4, -0.2) is 52.9 Å². The van der Waals surface area contributed by atoms with E-state index in [1.165, 1.54) is 0 Å². The molecule has 1 rings (SSSR count). The van der Waals surface area contributed by atoms with Crippen molar-refractivity contribution in [2.75, 3.05) is 38.2 Å². The summed E-state index contributed by atoms with van der Waals surface area (Å²) in [6, 6.07) is 5.83. The van der Waals surface area contributed by atoms with Gasteiger partial charge in [-0.3, -0.25) is 4.90 Å². The van der Waals surface area contributed by atoms with Gasteiger partial charge in [-0.1, -0.05) is 6.07 Å². The number of nitrogens with zero attached hydrogens (tertiary/aromatic N) is 2. The second kappa shape index (κ2) is 8.00. The monoisotopic (exact) mass is 239 g/mol. The van der Waals surface area contributed by atoms with E-state index in [0.717, 1.165) is 18.1 Å². The Bertz CT molecular complexity index is 314. The zero-order chi connectivity index (χ0) is 12.5. The SMILES string of the molecule is CCNc1cccc(CN(CCO)CCO)n1. The van der Waals surface area contributed by atoms with Crippen LogP contribution in [0, 0.1) is 0 Å². The molecule has 1 heterocycles. The van der Waals surface area contributed by atoms with Gasteiger partial charge in [0.1, 0.15) is 5.82 Å². The van der Waals surface area contributed by atoms with Gasteiger partial charge in [-0.15, -0.1) is 0 Å². The van der Waals surface area contributed by atoms with Crippen molar-refractivity contribution in [2.24, 2.45) is 0 Å². The lowest BCUT2D eigenvalue weighted by molar-refractivity contribution is 0.155. The van der Waals surface area contributed by atoms with Crippen molar-refractivity contribution in [3.05, 3.63) is 23.9 Å². The Morgan fingerprint density at radius 2 is 1.94 bits per heavy atom. The molecule has 3 N–H and O–H groups in total. The summed E-state index contributed by atoms with van der Waals surface area (Å²) in [4.78, 5) is 6.42. The van der Waals surface area contributed by atoms with Gasteiger partial charge in [-0.25, -0.2) is 4.98 Å². The highest BCUT2D eigenvalue weighted by molar-refractivity contribution is 5.34. The fourth-order valence-corrected chi connectivity index (χ4v) is 1.63. The Kier molecular flexibility index (Phi) is 6.54. The zero-order valence-corrected chi connectivity index (χ0v) is 10.3. The minimum Gasteiger partial charge on any atom is -0.395 e. The van der Waals surface area contributed by atoms with Gasteiger partial charge in [-0.2, -0.15) is 0 Å². The van der Waals surface area contributed by atoms with E-state index in [2.05, 4.69) is 10.3 Å². The Morgan fingerprint density at radius 1 is 1.24 bits per heavy atom. The number of anilines is 1. The van der Waals surface area contributed by atoms with Crippen LogP contribution in [0.15, 0.2) is 18.2 Å². The predicted molar refractivity (Wildman–Crippen MR) is 67.8 cm³/mol. The third-order valence-corrected chi connectivity index (χ3v) is 2.38. The van der Waals surface area contributed by atoms with Crippen LogP contribution in [0.1, 0.15) is 12.6 Å². The van der Waals surface area contributed by atoms with Crippen LogP contribution in [0.4, 0.5) is 5.82 Å². The summed E-state index contributed by atoms with van der Waals surface area (Å²) in [6.07, 6.45) is 0. The van der Waals surface area contributed by atoms with Gasteiger partial charge in [0.15, 0.2) is 0 Å². The molecule has 0 spiro atoms. The highest BCUT2D eigenvalue weighted by Gasteiger charge is 2.06. The maximum atomic E-state index is 8.92. The summed E-state index contributed by atoms with van der Waals surface area (Å²) >= 11 is 0. The lowest BCUT2D eigenvalue weighted by Gasteiger charge is -2.19. The number of rotatable bonds is 8. The largest absolute Gasteiger partial charge is 0.395 e. The second-order valence-corrected chi connectivity index (χ2v) is 3.77. The topological polar surface area (TPSA) is 68.6 Å². The summed E-state index contributed by atoms with van der Waals surface area (Å²) in [5.74, 6) is 0.859. The molecule has 0 saturated carbocycles. The number of aliphatic hydroxyl groups is 2. The standard InChI is InChI=1S/C12H21N3O2/c1-2-13-12-5-3-4-11(14-12)10-15(6-8-16)7-9-17/h3-5,16-17H,2,6-10H2,1H3,(H,13,14). The van der Waals surface area contributed by atoms with Crippen LogP contribution in [0.2, 0.25) is 0 Å². The molecular weight excluding hydrogens is 218 g/mol. The van der Waals surface area contributed by atoms with Gasteiger partial charge in [0.25, 0.3) is 0 Å². The van der Waals surface area contributed by atoms with Crippen LogP contribution < -0.4 is 5.32 Å². The molecule has 0 aromatic carbocycles. The Labute approximate surface area is 102 Å². The van der Waals surface area contributed by atoms with Gasteiger partial charge in [-0.05, 0) is 19.1 Å². The average Bonchev–Trinajstić information content (AvgIpc) is 2.30. The van der Waals surface area contributed by atoms with Crippen molar-refractivity contribution in [1.29, 1.82) is 0 Å². The zero-order valence-electron chi connectivity index (χ0n) is 10.3. The highest BCUT2D eigenvalue weighted by Crippen LogP contribution is 2.07. The lowest BCUT2D eigenvalue weighted by atomic mass is 10.3. The van der Waals surface area contributed by atoms with Crippen LogP contribution in [0.5, 0.6) is 0 Å². The third kappa shape index (κ3) is 5.12. The molecule has 0 aliphatic carbocycles. The van der Waals surface area contributed by atoms with Gasteiger partial charge < -0.3 is 15.5 Å². The molecule has 0 aliphatic rings. The molecule has 96 valence electrons. The maximum Gasteiger partial charge on any atom is 0.126 e. The molecule has 0 saturated heterocycles. The van der Waals surface area contributed by atoms with Gasteiger partial charge >= 0.3 is 0 Å². The van der Waals surface area contributed by atoms with Crippen molar-refractivity contribution in [2.45, 2.75) is 13.5 Å². The molecule has 17 heavy (non-hydrogen) atoms. The predicted octanol–water partition coefficient (Wildman–Crippen LogP) is 0.300. The Balaban J connectivity index is 2.60. The van der Waals surface area contributed by atoms with E-state index in [-0.39, 0.29) is 13.2 Å². The lowest BCUT2D eigenvalue weighted by Crippen LogP contribution is -2.29. The highest BCUT2D eigenvalue weighted by atomic mass is 16.3. The number of nitrogens with one attached hydrogen (secondary N) is 1. The van der Waals surface area contributed by atoms with E-state index in [9.17, 15) is 0 Å². The number of hydrogen-bond acceptors (Lipinski definition) is 5. The van der Waals surface area contributed by atoms with Crippen LogP contribution in [0.3, 0.4) is 0 Å². The van der Waals surface area contributed by atoms with Crippen molar-refractivity contribution < 1.29 is 10.2 Å². The van der Waals surface area contributed by atoms with E-state index in [0.29, 0.717) is 19.6 Å². The van der Waals surface area contributed by atoms with Crippen molar-refractivity contribution in [1.82, 2.24) is 9.88 Å². The third-order valence-electron chi connectivity index (χ3n) is 2.38. The quantitative estimate of drug-likeness (QED) is 0.609. The Hall–Kier alpha value is -1.17. The molecule has 5 heteroatoms. The van der Waals surface area contributed by atoms with Gasteiger partial charge in [0.05, 0.1) is 18.9 Å². The van der Waals surface area contributed by atoms with Crippen LogP contribution in [-0.2, 0) is 6.54 Å². The first-order valence-electron chi connectivity index (χ1n) is 5.94. The molecule has 1 aromatic rings.